The van der Waals surface area contributed by atoms with Crippen LogP contribution < -0.4 is 5.32 Å². The van der Waals surface area contributed by atoms with E-state index < -0.39 is 17.5 Å². The number of aryl methyl sites for hydroxylation is 1. The number of aromatic amines is 1. The number of amides is 1. The molecule has 0 unspecified atom stereocenters. The molecule has 1 aromatic carbocycles. The largest absolute Gasteiger partial charge is 0.388 e. The number of benzene rings is 1. The van der Waals surface area contributed by atoms with Gasteiger partial charge in [0, 0.05) is 67.9 Å². The first-order chi connectivity index (χ1) is 19.7. The van der Waals surface area contributed by atoms with Gasteiger partial charge in [-0.15, -0.1) is 0 Å². The number of rotatable bonds is 11. The highest BCUT2D eigenvalue weighted by atomic mass is 19.1. The molecule has 3 aromatic rings. The van der Waals surface area contributed by atoms with Gasteiger partial charge in [-0.25, -0.2) is 9.37 Å². The number of carbonyl (C=O) groups excluding carboxylic acids is 2. The zero-order chi connectivity index (χ0) is 29.0. The van der Waals surface area contributed by atoms with Crippen LogP contribution in [0, 0.1) is 12.7 Å². The Labute approximate surface area is 240 Å². The molecule has 1 saturated heterocycles. The maximum absolute atomic E-state index is 15.1. The second-order valence-corrected chi connectivity index (χ2v) is 11.5. The van der Waals surface area contributed by atoms with Crippen molar-refractivity contribution in [1.82, 2.24) is 25.2 Å². The van der Waals surface area contributed by atoms with Crippen LogP contribution in [-0.2, 0) is 14.4 Å². The summed E-state index contributed by atoms with van der Waals surface area (Å²) >= 11 is 0. The fourth-order valence-corrected chi connectivity index (χ4v) is 5.58. The molecule has 2 aliphatic rings. The Morgan fingerprint density at radius 2 is 2.00 bits per heavy atom. The molecule has 5 rings (SSSR count). The number of aromatic nitrogens is 3. The minimum absolute atomic E-state index is 0.260. The van der Waals surface area contributed by atoms with Crippen molar-refractivity contribution in [2.24, 2.45) is 5.16 Å². The van der Waals surface area contributed by atoms with E-state index in [1.54, 1.807) is 12.3 Å². The molecular formula is C31H39FN6O3. The van der Waals surface area contributed by atoms with Gasteiger partial charge in [0.25, 0.3) is 5.91 Å². The zero-order valence-electron chi connectivity index (χ0n) is 24.1. The summed E-state index contributed by atoms with van der Waals surface area (Å²) in [6, 6.07) is 6.59. The number of imidazole rings is 1. The molecule has 0 radical (unpaired) electrons. The predicted molar refractivity (Wildman–Crippen MR) is 156 cm³/mol. The third kappa shape index (κ3) is 6.81. The molecule has 218 valence electrons. The lowest BCUT2D eigenvalue weighted by Crippen LogP contribution is -2.44. The van der Waals surface area contributed by atoms with Gasteiger partial charge in [-0.05, 0) is 38.9 Å². The topological polar surface area (TPSA) is 113 Å². The van der Waals surface area contributed by atoms with Gasteiger partial charge >= 0.3 is 0 Å². The molecule has 1 fully saturated rings. The number of H-pyrrole nitrogens is 1. The number of fused-ring (bicyclic) bond motifs is 1. The molecule has 2 aliphatic heterocycles. The Morgan fingerprint density at radius 3 is 2.78 bits per heavy atom. The third-order valence-corrected chi connectivity index (χ3v) is 8.28. The van der Waals surface area contributed by atoms with Crippen LogP contribution in [0.3, 0.4) is 0 Å². The Bertz CT molecular complexity index is 1440. The van der Waals surface area contributed by atoms with Gasteiger partial charge in [0.05, 0.1) is 23.4 Å². The third-order valence-electron chi connectivity index (χ3n) is 8.28. The van der Waals surface area contributed by atoms with Gasteiger partial charge in [-0.1, -0.05) is 31.0 Å². The first kappa shape index (κ1) is 28.9. The molecule has 1 spiro atoms. The van der Waals surface area contributed by atoms with Gasteiger partial charge in [-0.3, -0.25) is 14.6 Å². The SMILES string of the molecule is CCC(=O)CCCCC[C@H](NC(=O)C1=NOC2(CCN(C)CC2)C1)c1ncc(-c2cc3ccc(C)nc3cc2F)[nH]1. The number of nitrogens with one attached hydrogen (secondary N) is 2. The Morgan fingerprint density at radius 1 is 1.20 bits per heavy atom. The highest BCUT2D eigenvalue weighted by Crippen LogP contribution is 2.35. The number of Topliss-reactive ketones (excluding diaryl/α,β-unsaturated/α-hetero) is 1. The van der Waals surface area contributed by atoms with E-state index in [4.69, 9.17) is 4.84 Å². The minimum Gasteiger partial charge on any atom is -0.388 e. The minimum atomic E-state index is -0.428. The summed E-state index contributed by atoms with van der Waals surface area (Å²) in [5, 5.41) is 8.12. The van der Waals surface area contributed by atoms with Gasteiger partial charge in [0.1, 0.15) is 28.7 Å². The summed E-state index contributed by atoms with van der Waals surface area (Å²) < 4.78 is 15.1. The maximum atomic E-state index is 15.1. The normalized spacial score (nSPS) is 17.4. The Hall–Kier alpha value is -3.66. The molecule has 1 amide bonds. The molecule has 1 atom stereocenters. The molecule has 10 heteroatoms. The van der Waals surface area contributed by atoms with Crippen molar-refractivity contribution in [2.75, 3.05) is 20.1 Å². The number of likely N-dealkylation sites (tertiary alicyclic amines) is 1. The zero-order valence-corrected chi connectivity index (χ0v) is 24.1. The van der Waals surface area contributed by atoms with Crippen LogP contribution in [-0.4, -0.2) is 63.0 Å². The molecular weight excluding hydrogens is 523 g/mol. The second-order valence-electron chi connectivity index (χ2n) is 11.5. The van der Waals surface area contributed by atoms with E-state index in [1.165, 1.54) is 6.07 Å². The van der Waals surface area contributed by atoms with E-state index >= 15 is 4.39 Å². The van der Waals surface area contributed by atoms with E-state index in [0.29, 0.717) is 54.0 Å². The van der Waals surface area contributed by atoms with Crippen molar-refractivity contribution in [3.8, 4) is 11.3 Å². The summed E-state index contributed by atoms with van der Waals surface area (Å²) in [5.74, 6) is 0.138. The molecule has 2 N–H and O–H groups in total. The summed E-state index contributed by atoms with van der Waals surface area (Å²) in [6.45, 7) is 5.57. The smallest absolute Gasteiger partial charge is 0.269 e. The number of pyridine rings is 1. The molecule has 41 heavy (non-hydrogen) atoms. The van der Waals surface area contributed by atoms with Crippen molar-refractivity contribution in [3.63, 3.8) is 0 Å². The summed E-state index contributed by atoms with van der Waals surface area (Å²) in [6.07, 6.45) is 7.95. The van der Waals surface area contributed by atoms with Crippen molar-refractivity contribution in [2.45, 2.75) is 83.3 Å². The predicted octanol–water partition coefficient (Wildman–Crippen LogP) is 5.40. The van der Waals surface area contributed by atoms with E-state index in [9.17, 15) is 9.59 Å². The average Bonchev–Trinajstić information content (AvgIpc) is 3.61. The highest BCUT2D eigenvalue weighted by Gasteiger charge is 2.43. The van der Waals surface area contributed by atoms with E-state index in [-0.39, 0.29) is 11.7 Å². The van der Waals surface area contributed by atoms with Crippen LogP contribution in [0.25, 0.3) is 22.2 Å². The van der Waals surface area contributed by atoms with Crippen LogP contribution in [0.5, 0.6) is 0 Å². The molecule has 9 nitrogen and oxygen atoms in total. The molecule has 4 heterocycles. The number of hydrogen-bond donors (Lipinski definition) is 2. The number of hydrogen-bond acceptors (Lipinski definition) is 7. The van der Waals surface area contributed by atoms with Crippen molar-refractivity contribution in [1.29, 1.82) is 0 Å². The van der Waals surface area contributed by atoms with Gasteiger partial charge < -0.3 is 20.0 Å². The molecule has 2 aromatic heterocycles. The highest BCUT2D eigenvalue weighted by molar-refractivity contribution is 6.39. The van der Waals surface area contributed by atoms with Crippen molar-refractivity contribution >= 4 is 28.3 Å². The standard InChI is InChI=1S/C31H39FN6O3/c1-4-22(39)8-6-5-7-9-25(36-30(40)27-18-31(41-37-27)12-14-38(3)15-13-31)29-33-19-28(35-29)23-16-21-11-10-20(2)34-26(21)17-24(23)32/h10-11,16-17,19,25H,4-9,12-15,18H2,1-3H3,(H,33,35)(H,36,40)/t25-/m0/s1. The van der Waals surface area contributed by atoms with Crippen LogP contribution in [0.1, 0.15) is 82.3 Å². The van der Waals surface area contributed by atoms with Crippen LogP contribution in [0.15, 0.2) is 35.6 Å². The number of carbonyl (C=O) groups is 2. The Kier molecular flexibility index (Phi) is 8.77. The first-order valence-electron chi connectivity index (χ1n) is 14.6. The number of unbranched alkanes of at least 4 members (excludes halogenated alkanes) is 2. The summed E-state index contributed by atoms with van der Waals surface area (Å²) in [7, 11) is 2.08. The number of halogens is 1. The molecule has 0 aliphatic carbocycles. The van der Waals surface area contributed by atoms with E-state index in [2.05, 4.69) is 37.4 Å². The summed E-state index contributed by atoms with van der Waals surface area (Å²) in [5.41, 5.74) is 2.33. The lowest BCUT2D eigenvalue weighted by molar-refractivity contribution is -0.119. The van der Waals surface area contributed by atoms with E-state index in [0.717, 1.165) is 56.3 Å². The van der Waals surface area contributed by atoms with Crippen molar-refractivity contribution < 1.29 is 18.8 Å². The summed E-state index contributed by atoms with van der Waals surface area (Å²) in [4.78, 5) is 45.3. The first-order valence-corrected chi connectivity index (χ1v) is 14.6. The van der Waals surface area contributed by atoms with Crippen molar-refractivity contribution in [3.05, 3.63) is 47.8 Å². The van der Waals surface area contributed by atoms with Crippen LogP contribution in [0.2, 0.25) is 0 Å². The van der Waals surface area contributed by atoms with Gasteiger partial charge in [0.15, 0.2) is 0 Å². The lowest BCUT2D eigenvalue weighted by Gasteiger charge is -2.35. The second kappa shape index (κ2) is 12.5. The number of oxime groups is 1. The number of piperidine rings is 1. The Balaban J connectivity index is 1.31. The average molecular weight is 563 g/mol. The monoisotopic (exact) mass is 562 g/mol. The number of nitrogens with zero attached hydrogens (tertiary/aromatic N) is 4. The van der Waals surface area contributed by atoms with Crippen LogP contribution >= 0.6 is 0 Å². The maximum Gasteiger partial charge on any atom is 0.269 e. The lowest BCUT2D eigenvalue weighted by atomic mass is 9.87. The molecule has 0 bridgehead atoms. The fraction of sp³-hybridized carbons (Fsp3) is 0.516. The van der Waals surface area contributed by atoms with Gasteiger partial charge in [0.2, 0.25) is 0 Å². The van der Waals surface area contributed by atoms with E-state index in [1.807, 2.05) is 26.0 Å². The van der Waals surface area contributed by atoms with Crippen LogP contribution in [0.4, 0.5) is 4.39 Å². The quantitative estimate of drug-likeness (QED) is 0.303. The molecule has 0 saturated carbocycles. The van der Waals surface area contributed by atoms with Gasteiger partial charge in [-0.2, -0.15) is 0 Å². The number of ketones is 1. The fourth-order valence-electron chi connectivity index (χ4n) is 5.58.